The molecule has 20 heterocycles. The van der Waals surface area contributed by atoms with Gasteiger partial charge >= 0.3 is 0 Å². The topological polar surface area (TPSA) is 320 Å². The first kappa shape index (κ1) is 66.5. The van der Waals surface area contributed by atoms with Gasteiger partial charge in [0, 0.05) is 130 Å². The summed E-state index contributed by atoms with van der Waals surface area (Å²) in [5.41, 5.74) is 19.4. The van der Waals surface area contributed by atoms with Crippen molar-refractivity contribution < 1.29 is 17.7 Å². The average Bonchev–Trinajstić information content (AvgIpc) is 1.57. The van der Waals surface area contributed by atoms with Crippen molar-refractivity contribution in [2.45, 2.75) is 33.9 Å². The highest BCUT2D eigenvalue weighted by atomic mass is 16.3. The van der Waals surface area contributed by atoms with E-state index in [4.69, 9.17) is 87.5 Å². The van der Waals surface area contributed by atoms with Crippen LogP contribution in [0.4, 0.5) is 34.9 Å². The number of hydrogen-bond donors (Lipinski definition) is 4. The molecule has 129 heavy (non-hydrogen) atoms. The molecular formula is C101H54N24O4. The highest BCUT2D eigenvalue weighted by Crippen LogP contribution is 2.45. The number of aryl methyl sites for hydroxylation is 2. The number of amidine groups is 4. The summed E-state index contributed by atoms with van der Waals surface area (Å²) < 4.78 is 41.9. The summed E-state index contributed by atoms with van der Waals surface area (Å²) in [5.74, 6) is 6.74. The summed E-state index contributed by atoms with van der Waals surface area (Å²) in [6.45, 7) is 4.85. The Kier molecular flexibility index (Phi) is 12.0. The molecule has 0 unspecified atom stereocenters. The molecule has 12 aliphatic heterocycles. The van der Waals surface area contributed by atoms with Gasteiger partial charge in [0.1, 0.15) is 155 Å². The summed E-state index contributed by atoms with van der Waals surface area (Å²) in [4.78, 5) is 93.4. The van der Waals surface area contributed by atoms with E-state index in [-0.39, 0.29) is 20.0 Å². The van der Waals surface area contributed by atoms with E-state index in [1.807, 2.05) is 103 Å². The smallest absolute Gasteiger partial charge is 0.164 e. The van der Waals surface area contributed by atoms with E-state index in [1.165, 1.54) is 0 Å². The van der Waals surface area contributed by atoms with Crippen molar-refractivity contribution in [2.24, 2.45) is 49.9 Å². The second-order valence-corrected chi connectivity index (χ2v) is 34.3. The molecule has 0 atom stereocenters. The van der Waals surface area contributed by atoms with E-state index in [2.05, 4.69) is 189 Å². The van der Waals surface area contributed by atoms with Crippen molar-refractivity contribution in [3.05, 3.63) is 297 Å². The minimum absolute atomic E-state index is 0.148. The predicted octanol–water partition coefficient (Wildman–Crippen LogP) is 19.1. The van der Waals surface area contributed by atoms with Crippen LogP contribution in [0.5, 0.6) is 0 Å². The monoisotopic (exact) mass is 1670 g/mol. The number of benzene rings is 12. The molecule has 20 aromatic rings. The number of aromatic nitrogens is 14. The summed E-state index contributed by atoms with van der Waals surface area (Å²) in [6, 6.07) is 78.0. The molecule has 0 saturated carbocycles. The van der Waals surface area contributed by atoms with E-state index < -0.39 is 0 Å². The van der Waals surface area contributed by atoms with Crippen molar-refractivity contribution in [3.8, 4) is 22.8 Å². The van der Waals surface area contributed by atoms with Gasteiger partial charge in [0.05, 0.1) is 0 Å². The lowest BCUT2D eigenvalue weighted by Crippen LogP contribution is -2.31. The third-order valence-corrected chi connectivity index (χ3v) is 26.9. The Balaban J connectivity index is 0.679. The lowest BCUT2D eigenvalue weighted by molar-refractivity contribution is 0.589. The van der Waals surface area contributed by atoms with Gasteiger partial charge in [-0.3, -0.25) is 27.4 Å². The highest BCUT2D eigenvalue weighted by molar-refractivity contribution is 6.26. The Bertz CT molecular complexity index is 10500. The lowest BCUT2D eigenvalue weighted by Gasteiger charge is -2.11. The third kappa shape index (κ3) is 8.96. The van der Waals surface area contributed by atoms with Crippen molar-refractivity contribution >= 4 is 234 Å². The number of aromatic amines is 4. The molecule has 0 spiro atoms. The molecule has 0 fully saturated rings. The summed E-state index contributed by atoms with van der Waals surface area (Å²) in [6.07, 6.45) is 0. The molecule has 0 amide bonds. The van der Waals surface area contributed by atoms with Gasteiger partial charge in [0.25, 0.3) is 0 Å². The number of rotatable bonds is 0. The molecule has 38 bridgehead atoms. The van der Waals surface area contributed by atoms with E-state index in [1.54, 1.807) is 0 Å². The Hall–Kier alpha value is -18.1. The van der Waals surface area contributed by atoms with E-state index in [0.717, 1.165) is 147 Å². The molecule has 28 heteroatoms. The van der Waals surface area contributed by atoms with E-state index in [0.29, 0.717) is 176 Å². The first-order valence-corrected chi connectivity index (χ1v) is 42.5. The molecule has 0 radical (unpaired) electrons. The van der Waals surface area contributed by atoms with Crippen LogP contribution < -0.4 is 32.9 Å². The van der Waals surface area contributed by atoms with Crippen LogP contribution in [0.2, 0.25) is 0 Å². The highest BCUT2D eigenvalue weighted by Gasteiger charge is 2.33. The molecule has 0 saturated heterocycles. The van der Waals surface area contributed by atoms with E-state index in [9.17, 15) is 0 Å². The minimum atomic E-state index is 0.148. The van der Waals surface area contributed by atoms with Crippen LogP contribution in [0, 0.1) is 13.8 Å². The van der Waals surface area contributed by atoms with Crippen LogP contribution in [0.25, 0.3) is 198 Å². The zero-order chi connectivity index (χ0) is 83.5. The fourth-order valence-corrected chi connectivity index (χ4v) is 21.0. The fraction of sp³-hybridized carbons (Fsp3) is 0.0495. The summed E-state index contributed by atoms with van der Waals surface area (Å²) in [7, 11) is 0. The van der Waals surface area contributed by atoms with Gasteiger partial charge in [-0.1, -0.05) is 83.9 Å². The Labute approximate surface area is 717 Å². The van der Waals surface area contributed by atoms with Crippen molar-refractivity contribution in [2.75, 3.05) is 0 Å². The fourth-order valence-electron chi connectivity index (χ4n) is 21.0. The second kappa shape index (κ2) is 23.2. The van der Waals surface area contributed by atoms with Crippen LogP contribution in [0.1, 0.15) is 33.4 Å². The van der Waals surface area contributed by atoms with Gasteiger partial charge in [0.15, 0.2) is 46.3 Å². The molecular weight excluding hydrogens is 1610 g/mol. The minimum Gasteiger partial charge on any atom is -0.457 e. The van der Waals surface area contributed by atoms with Crippen molar-refractivity contribution in [1.82, 2.24) is 67.3 Å². The quantitative estimate of drug-likeness (QED) is 0.113. The van der Waals surface area contributed by atoms with Gasteiger partial charge in [-0.25, -0.2) is 69.9 Å². The maximum Gasteiger partial charge on any atom is 0.164 e. The first-order valence-electron chi connectivity index (χ1n) is 42.5. The Morgan fingerprint density at radius 1 is 0.248 bits per heavy atom. The number of fused-ring (bicyclic) bond motifs is 34. The van der Waals surface area contributed by atoms with Gasteiger partial charge in [0.2, 0.25) is 0 Å². The standard InChI is InChI=1S/C101H54N24O4/c1-44-11-21-56-68(31-44)85-103-80(56)111-94-65-28-18-51-38-75(65)99-117-87-70-34-47(14-24-58(70)82(105-87)112-92-63-22-12-45(2)32-73(63)97(115-85)121(92)42-123(94)99)128-53-20-30-67-77(40-53)101-119-89-72-36-49(129-51)16-26-60(72)84(107-89)114-95-66-29-19-52-39-76(66)100-118-88-71-35-48(15-25-59(71)83(106-88)113-96(67)125(101)43-124(95)100)127-50-17-27-64-74(37-50)98-116-86-69-33-46(126-52)13-23-57(69)81(104-86)110-91-62-10-6-5-9-61(62)90-108-78-54-7-3-4-8-55(54)79(102-78)109-93(64)122(98)41-120(90)91/h3-40,105-106,117-118H,41-43H2,1-2H3. The van der Waals surface area contributed by atoms with E-state index >= 15 is 0 Å². The number of aliphatic imine (C=N–C) groups is 4. The number of H-pyrrole nitrogens is 4. The zero-order valence-corrected chi connectivity index (χ0v) is 67.6. The zero-order valence-electron chi connectivity index (χ0n) is 67.6. The van der Waals surface area contributed by atoms with Crippen LogP contribution in [-0.4, -0.2) is 90.6 Å². The molecule has 12 aliphatic rings. The van der Waals surface area contributed by atoms with Crippen molar-refractivity contribution in [1.29, 1.82) is 0 Å². The van der Waals surface area contributed by atoms with Crippen LogP contribution in [0.3, 0.4) is 0 Å². The number of nitrogens with zero attached hydrogens (tertiary/aromatic N) is 20. The Morgan fingerprint density at radius 2 is 0.651 bits per heavy atom. The second-order valence-electron chi connectivity index (χ2n) is 34.3. The molecule has 28 nitrogen and oxygen atoms in total. The van der Waals surface area contributed by atoms with Crippen LogP contribution in [0.15, 0.2) is 298 Å². The maximum absolute atomic E-state index is 7.25. The Morgan fingerprint density at radius 3 is 1.28 bits per heavy atom. The summed E-state index contributed by atoms with van der Waals surface area (Å²) in [5, 5.41) is 14.9. The number of hydrogen-bond acceptors (Lipinski definition) is 18. The lowest BCUT2D eigenvalue weighted by atomic mass is 10.1. The van der Waals surface area contributed by atoms with Crippen LogP contribution in [-0.2, 0) is 20.0 Å². The maximum atomic E-state index is 7.25. The number of nitrogens with one attached hydrogen (secondary N) is 4. The molecule has 0 aliphatic carbocycles. The largest absolute Gasteiger partial charge is 0.457 e. The SMILES string of the molecule is Cc1ccc2c(c1)C1=NC2=Nc2c3ccc4cc3c3[nH]c5[nH]c(c6ccc(cc56)oc5ccc6c7n8c(nc9nc(c%10ccc(cc%10-9)o4)=Nc4c9ccc%10cc9c([nH]c9[nH]c(c%11ccc(cc9%11)oc9ccc%11c%12n%13c(nc%14nc(c%15ccc(cc%15-%14)o%10)N=c%10c%14ccccc%14c(n%10C%13)=NC%10=NC(=N%12)c%12ccccc%12%10)c%11c9)N=7)n4C8)c6c5)N=c4c5ccc(C)cc5c(n4Cn23)=N1. The average molecular weight is 1670 g/mol. The van der Waals surface area contributed by atoms with Gasteiger partial charge in [-0.15, -0.1) is 0 Å². The van der Waals surface area contributed by atoms with Crippen molar-refractivity contribution in [3.63, 3.8) is 0 Å². The van der Waals surface area contributed by atoms with Crippen LogP contribution >= 0.6 is 0 Å². The molecule has 12 aromatic carbocycles. The molecule has 32 rings (SSSR count). The molecule has 602 valence electrons. The molecule has 8 aromatic heterocycles. The third-order valence-electron chi connectivity index (χ3n) is 26.9. The normalized spacial score (nSPS) is 14.4. The summed E-state index contributed by atoms with van der Waals surface area (Å²) >= 11 is 0. The van der Waals surface area contributed by atoms with Gasteiger partial charge in [-0.05, 0) is 172 Å². The van der Waals surface area contributed by atoms with Gasteiger partial charge < -0.3 is 37.6 Å². The predicted molar refractivity (Wildman–Crippen MR) is 495 cm³/mol. The first-order chi connectivity index (χ1) is 63.5. The molecule has 4 N–H and O–H groups in total. The van der Waals surface area contributed by atoms with Gasteiger partial charge in [-0.2, -0.15) is 0 Å².